The Morgan fingerprint density at radius 2 is 1.80 bits per heavy atom. The number of amides is 1. The molecule has 0 unspecified atom stereocenters. The number of anilines is 1. The van der Waals surface area contributed by atoms with Gasteiger partial charge >= 0.3 is 0 Å². The van der Waals surface area contributed by atoms with Gasteiger partial charge in [-0.2, -0.15) is 0 Å². The monoisotopic (exact) mass is 371 g/mol. The number of carbonyl (C=O) groups excluding carboxylic acids is 1. The molecule has 1 heterocycles. The van der Waals surface area contributed by atoms with Crippen molar-refractivity contribution >= 4 is 46.0 Å². The molecule has 128 valence electrons. The lowest BCUT2D eigenvalue weighted by atomic mass is 10.1. The molecule has 6 heteroatoms. The smallest absolute Gasteiger partial charge is 0.270 e. The molecule has 1 aliphatic heterocycles. The molecular weight excluding hydrogens is 354 g/mol. The van der Waals surface area contributed by atoms with Crippen molar-refractivity contribution in [2.24, 2.45) is 0 Å². The zero-order valence-corrected chi connectivity index (χ0v) is 15.7. The van der Waals surface area contributed by atoms with Crippen molar-refractivity contribution < 1.29 is 14.3 Å². The number of hydrogen-bond donors (Lipinski definition) is 0. The molecule has 0 atom stereocenters. The summed E-state index contributed by atoms with van der Waals surface area (Å²) >= 11 is 6.70. The van der Waals surface area contributed by atoms with E-state index in [2.05, 4.69) is 0 Å². The molecule has 0 N–H and O–H groups in total. The van der Waals surface area contributed by atoms with Gasteiger partial charge in [-0.15, -0.1) is 0 Å². The molecule has 1 amide bonds. The second kappa shape index (κ2) is 7.29. The molecule has 0 aromatic heterocycles. The molecule has 2 aromatic carbocycles. The number of rotatable bonds is 4. The van der Waals surface area contributed by atoms with Gasteiger partial charge in [-0.05, 0) is 42.3 Å². The first-order valence-corrected chi connectivity index (χ1v) is 8.83. The van der Waals surface area contributed by atoms with E-state index in [1.807, 2.05) is 55.5 Å². The molecule has 0 saturated carbocycles. The maximum Gasteiger partial charge on any atom is 0.270 e. The fourth-order valence-electron chi connectivity index (χ4n) is 2.57. The summed E-state index contributed by atoms with van der Waals surface area (Å²) in [4.78, 5) is 15.0. The number of thioether (sulfide) groups is 1. The van der Waals surface area contributed by atoms with Gasteiger partial charge in [0.25, 0.3) is 5.91 Å². The van der Waals surface area contributed by atoms with Gasteiger partial charge in [0.05, 0.1) is 24.8 Å². The molecule has 1 saturated heterocycles. The highest BCUT2D eigenvalue weighted by Gasteiger charge is 2.34. The molecule has 25 heavy (non-hydrogen) atoms. The molecule has 3 rings (SSSR count). The van der Waals surface area contributed by atoms with E-state index in [9.17, 15) is 4.79 Å². The van der Waals surface area contributed by atoms with E-state index < -0.39 is 0 Å². The van der Waals surface area contributed by atoms with Gasteiger partial charge in [0.1, 0.15) is 11.5 Å². The number of thiocarbonyl (C=S) groups is 1. The van der Waals surface area contributed by atoms with Gasteiger partial charge < -0.3 is 9.47 Å². The predicted octanol–water partition coefficient (Wildman–Crippen LogP) is 4.42. The van der Waals surface area contributed by atoms with E-state index in [4.69, 9.17) is 21.7 Å². The third kappa shape index (κ3) is 3.41. The Bertz CT molecular complexity index is 877. The van der Waals surface area contributed by atoms with Crippen molar-refractivity contribution in [1.82, 2.24) is 0 Å². The summed E-state index contributed by atoms with van der Waals surface area (Å²) in [6, 6.07) is 13.2. The largest absolute Gasteiger partial charge is 0.496 e. The van der Waals surface area contributed by atoms with Crippen LogP contribution in [0.5, 0.6) is 11.5 Å². The Hall–Kier alpha value is -2.31. The molecule has 0 spiro atoms. The SMILES string of the molecule is COc1cc(/C=C2/SC(=S)N(c3ccccc3OC)C2=O)ccc1C. The van der Waals surface area contributed by atoms with Crippen LogP contribution < -0.4 is 14.4 Å². The number of para-hydroxylation sites is 2. The van der Waals surface area contributed by atoms with Gasteiger partial charge in [-0.1, -0.05) is 48.2 Å². The lowest BCUT2D eigenvalue weighted by Gasteiger charge is -2.17. The van der Waals surface area contributed by atoms with Crippen LogP contribution in [0.2, 0.25) is 0 Å². The summed E-state index contributed by atoms with van der Waals surface area (Å²) in [7, 11) is 3.21. The van der Waals surface area contributed by atoms with Crippen molar-refractivity contribution in [3.8, 4) is 11.5 Å². The molecule has 4 nitrogen and oxygen atoms in total. The number of aryl methyl sites for hydroxylation is 1. The maximum atomic E-state index is 12.9. The highest BCUT2D eigenvalue weighted by Crippen LogP contribution is 2.39. The zero-order chi connectivity index (χ0) is 18.0. The van der Waals surface area contributed by atoms with E-state index in [1.165, 1.54) is 16.7 Å². The summed E-state index contributed by atoms with van der Waals surface area (Å²) in [6.45, 7) is 1.98. The number of nitrogens with zero attached hydrogens (tertiary/aromatic N) is 1. The first-order chi connectivity index (χ1) is 12.0. The van der Waals surface area contributed by atoms with Crippen LogP contribution in [0.15, 0.2) is 47.4 Å². The first kappa shape index (κ1) is 17.5. The van der Waals surface area contributed by atoms with Gasteiger partial charge in [0, 0.05) is 0 Å². The second-order valence-electron chi connectivity index (χ2n) is 5.42. The normalized spacial score (nSPS) is 15.8. The average molecular weight is 371 g/mol. The summed E-state index contributed by atoms with van der Waals surface area (Å²) in [5, 5.41) is 0. The number of benzene rings is 2. The van der Waals surface area contributed by atoms with Crippen LogP contribution >= 0.6 is 24.0 Å². The Labute approximate surface area is 156 Å². The molecule has 2 aromatic rings. The fourth-order valence-corrected chi connectivity index (χ4v) is 3.85. The zero-order valence-electron chi connectivity index (χ0n) is 14.1. The van der Waals surface area contributed by atoms with Crippen LogP contribution in [0.3, 0.4) is 0 Å². The maximum absolute atomic E-state index is 12.9. The van der Waals surface area contributed by atoms with Gasteiger partial charge in [0.15, 0.2) is 4.32 Å². The van der Waals surface area contributed by atoms with Crippen LogP contribution in [-0.2, 0) is 4.79 Å². The topological polar surface area (TPSA) is 38.8 Å². The minimum atomic E-state index is -0.154. The Morgan fingerprint density at radius 3 is 2.52 bits per heavy atom. The van der Waals surface area contributed by atoms with E-state index in [1.54, 1.807) is 14.2 Å². The standard InChI is InChI=1S/C19H17NO3S2/c1-12-8-9-13(10-16(12)23-3)11-17-18(21)20(19(24)25-17)14-6-4-5-7-15(14)22-2/h4-11H,1-3H3/b17-11+. The fraction of sp³-hybridized carbons (Fsp3) is 0.158. The van der Waals surface area contributed by atoms with E-state index in [0.29, 0.717) is 20.7 Å². The highest BCUT2D eigenvalue weighted by atomic mass is 32.2. The quantitative estimate of drug-likeness (QED) is 0.588. The number of ether oxygens (including phenoxy) is 2. The number of carbonyl (C=O) groups is 1. The van der Waals surface area contributed by atoms with Crippen LogP contribution in [0.4, 0.5) is 5.69 Å². The highest BCUT2D eigenvalue weighted by molar-refractivity contribution is 8.27. The average Bonchev–Trinajstić information content (AvgIpc) is 2.90. The van der Waals surface area contributed by atoms with Crippen molar-refractivity contribution in [2.45, 2.75) is 6.92 Å². The third-order valence-corrected chi connectivity index (χ3v) is 5.15. The Kier molecular flexibility index (Phi) is 5.11. The van der Waals surface area contributed by atoms with Crippen molar-refractivity contribution in [3.63, 3.8) is 0 Å². The lowest BCUT2D eigenvalue weighted by Crippen LogP contribution is -2.27. The Morgan fingerprint density at radius 1 is 1.08 bits per heavy atom. The van der Waals surface area contributed by atoms with Crippen LogP contribution in [0, 0.1) is 6.92 Å². The predicted molar refractivity (Wildman–Crippen MR) is 106 cm³/mol. The van der Waals surface area contributed by atoms with Gasteiger partial charge in [-0.25, -0.2) is 0 Å². The van der Waals surface area contributed by atoms with E-state index in [-0.39, 0.29) is 5.91 Å². The second-order valence-corrected chi connectivity index (χ2v) is 7.09. The van der Waals surface area contributed by atoms with E-state index >= 15 is 0 Å². The molecule has 1 aliphatic rings. The van der Waals surface area contributed by atoms with Crippen molar-refractivity contribution in [3.05, 3.63) is 58.5 Å². The molecule has 1 fully saturated rings. The number of hydrogen-bond acceptors (Lipinski definition) is 5. The van der Waals surface area contributed by atoms with Crippen LogP contribution in [0.1, 0.15) is 11.1 Å². The summed E-state index contributed by atoms with van der Waals surface area (Å²) in [6.07, 6.45) is 1.83. The van der Waals surface area contributed by atoms with Crippen LogP contribution in [0.25, 0.3) is 6.08 Å². The van der Waals surface area contributed by atoms with Gasteiger partial charge in [-0.3, -0.25) is 9.69 Å². The minimum Gasteiger partial charge on any atom is -0.496 e. The number of methoxy groups -OCH3 is 2. The molecule has 0 bridgehead atoms. The van der Waals surface area contributed by atoms with E-state index in [0.717, 1.165) is 16.9 Å². The third-order valence-electron chi connectivity index (χ3n) is 3.85. The molecular formula is C19H17NO3S2. The van der Waals surface area contributed by atoms with Crippen LogP contribution in [-0.4, -0.2) is 24.4 Å². The van der Waals surface area contributed by atoms with Crippen molar-refractivity contribution in [2.75, 3.05) is 19.1 Å². The summed E-state index contributed by atoms with van der Waals surface area (Å²) in [5.41, 5.74) is 2.58. The summed E-state index contributed by atoms with van der Waals surface area (Å²) < 4.78 is 11.2. The molecule has 0 radical (unpaired) electrons. The molecule has 0 aliphatic carbocycles. The van der Waals surface area contributed by atoms with Crippen molar-refractivity contribution in [1.29, 1.82) is 0 Å². The van der Waals surface area contributed by atoms with Gasteiger partial charge in [0.2, 0.25) is 0 Å². The Balaban J connectivity index is 1.96. The minimum absolute atomic E-state index is 0.154. The summed E-state index contributed by atoms with van der Waals surface area (Å²) in [5.74, 6) is 1.24. The lowest BCUT2D eigenvalue weighted by molar-refractivity contribution is -0.113. The first-order valence-electron chi connectivity index (χ1n) is 7.60.